The molecule has 0 saturated heterocycles. The minimum atomic E-state index is -1.51. The molecule has 3 nitrogen and oxygen atoms in total. The highest BCUT2D eigenvalue weighted by atomic mass is 35.5. The zero-order chi connectivity index (χ0) is 14.9. The van der Waals surface area contributed by atoms with Crippen molar-refractivity contribution in [3.63, 3.8) is 0 Å². The van der Waals surface area contributed by atoms with Crippen molar-refractivity contribution in [3.05, 3.63) is 39.7 Å². The van der Waals surface area contributed by atoms with Gasteiger partial charge in [0.25, 0.3) is 5.91 Å². The van der Waals surface area contributed by atoms with Gasteiger partial charge in [0.15, 0.2) is 17.5 Å². The van der Waals surface area contributed by atoms with Crippen LogP contribution in [-0.4, -0.2) is 11.9 Å². The van der Waals surface area contributed by atoms with Crippen molar-refractivity contribution in [1.29, 1.82) is 5.26 Å². The van der Waals surface area contributed by atoms with Gasteiger partial charge in [-0.05, 0) is 25.0 Å². The van der Waals surface area contributed by atoms with E-state index in [-0.39, 0.29) is 6.04 Å². The van der Waals surface area contributed by atoms with Crippen LogP contribution in [0.1, 0.15) is 18.4 Å². The van der Waals surface area contributed by atoms with E-state index in [0.29, 0.717) is 6.07 Å². The third kappa shape index (κ3) is 2.94. The number of carbonyl (C=O) groups excluding carboxylic acids is 1. The molecule has 1 fully saturated rings. The highest BCUT2D eigenvalue weighted by molar-refractivity contribution is 6.31. The summed E-state index contributed by atoms with van der Waals surface area (Å²) >= 11 is 5.29. The van der Waals surface area contributed by atoms with E-state index >= 15 is 0 Å². The van der Waals surface area contributed by atoms with Crippen LogP contribution in [0.25, 0.3) is 6.08 Å². The summed E-state index contributed by atoms with van der Waals surface area (Å²) in [5, 5.41) is 10.4. The lowest BCUT2D eigenvalue weighted by Gasteiger charge is -2.04. The fraction of sp³-hybridized carbons (Fsp3) is 0.231. The summed E-state index contributed by atoms with van der Waals surface area (Å²) in [7, 11) is 0. The lowest BCUT2D eigenvalue weighted by Crippen LogP contribution is -2.26. The van der Waals surface area contributed by atoms with Crippen LogP contribution in [-0.2, 0) is 4.79 Å². The molecule has 1 aromatic rings. The van der Waals surface area contributed by atoms with E-state index in [1.165, 1.54) is 0 Å². The fourth-order valence-corrected chi connectivity index (χ4v) is 1.69. The minimum absolute atomic E-state index is 0.0117. The van der Waals surface area contributed by atoms with Gasteiger partial charge in [0.1, 0.15) is 16.7 Å². The third-order valence-electron chi connectivity index (χ3n) is 2.71. The molecule has 1 N–H and O–H groups in total. The van der Waals surface area contributed by atoms with E-state index < -0.39 is 39.5 Å². The average molecular weight is 301 g/mol. The molecule has 0 spiro atoms. The van der Waals surface area contributed by atoms with Crippen LogP contribution < -0.4 is 5.32 Å². The predicted molar refractivity (Wildman–Crippen MR) is 66.1 cm³/mol. The van der Waals surface area contributed by atoms with E-state index in [9.17, 15) is 18.0 Å². The van der Waals surface area contributed by atoms with Gasteiger partial charge >= 0.3 is 0 Å². The second-order valence-electron chi connectivity index (χ2n) is 4.31. The number of rotatable bonds is 3. The Hall–Kier alpha value is -2.00. The van der Waals surface area contributed by atoms with Gasteiger partial charge in [0.2, 0.25) is 0 Å². The van der Waals surface area contributed by atoms with Crippen LogP contribution in [0.3, 0.4) is 0 Å². The van der Waals surface area contributed by atoms with Gasteiger partial charge in [0.05, 0.1) is 0 Å². The quantitative estimate of drug-likeness (QED) is 0.404. The van der Waals surface area contributed by atoms with Gasteiger partial charge in [-0.3, -0.25) is 4.79 Å². The first-order chi connectivity index (χ1) is 9.43. The first kappa shape index (κ1) is 14.4. The Morgan fingerprint density at radius 1 is 1.40 bits per heavy atom. The van der Waals surface area contributed by atoms with Crippen molar-refractivity contribution in [2.24, 2.45) is 0 Å². The maximum atomic E-state index is 13.7. The predicted octanol–water partition coefficient (Wildman–Crippen LogP) is 2.94. The third-order valence-corrected chi connectivity index (χ3v) is 3.04. The Kier molecular flexibility index (Phi) is 4.00. The molecule has 7 heteroatoms. The molecule has 104 valence electrons. The normalized spacial score (nSPS) is 14.8. The maximum Gasteiger partial charge on any atom is 0.262 e. The SMILES string of the molecule is N#C/C(=C\c1cc(F)c(F)c(Cl)c1F)C(=O)NC1CC1. The monoisotopic (exact) mass is 300 g/mol. The number of amides is 1. The van der Waals surface area contributed by atoms with Gasteiger partial charge in [0, 0.05) is 11.6 Å². The molecule has 0 radical (unpaired) electrons. The lowest BCUT2D eigenvalue weighted by molar-refractivity contribution is -0.117. The molecule has 0 unspecified atom stereocenters. The molecule has 0 aliphatic heterocycles. The van der Waals surface area contributed by atoms with Crippen LogP contribution in [0, 0.1) is 28.8 Å². The summed E-state index contributed by atoms with van der Waals surface area (Å²) < 4.78 is 39.8. The molecule has 0 heterocycles. The maximum absolute atomic E-state index is 13.7. The molecule has 0 aromatic heterocycles. The van der Waals surface area contributed by atoms with E-state index in [1.54, 1.807) is 6.07 Å². The highest BCUT2D eigenvalue weighted by Crippen LogP contribution is 2.26. The topological polar surface area (TPSA) is 52.9 Å². The Morgan fingerprint density at radius 2 is 2.05 bits per heavy atom. The highest BCUT2D eigenvalue weighted by Gasteiger charge is 2.25. The number of nitriles is 1. The molecule has 0 bridgehead atoms. The fourth-order valence-electron chi connectivity index (χ4n) is 1.49. The molecular formula is C13H8ClF3N2O. The summed E-state index contributed by atoms with van der Waals surface area (Å²) in [6, 6.07) is 2.14. The summed E-state index contributed by atoms with van der Waals surface area (Å²) in [6.45, 7) is 0. The van der Waals surface area contributed by atoms with Crippen molar-refractivity contribution >= 4 is 23.6 Å². The van der Waals surface area contributed by atoms with Gasteiger partial charge in [-0.25, -0.2) is 13.2 Å². The number of carbonyl (C=O) groups is 1. The second kappa shape index (κ2) is 5.55. The molecule has 2 rings (SSSR count). The van der Waals surface area contributed by atoms with E-state index in [4.69, 9.17) is 16.9 Å². The largest absolute Gasteiger partial charge is 0.349 e. The van der Waals surface area contributed by atoms with E-state index in [1.807, 2.05) is 0 Å². The van der Waals surface area contributed by atoms with Crippen molar-refractivity contribution in [3.8, 4) is 6.07 Å². The van der Waals surface area contributed by atoms with Crippen LogP contribution in [0.2, 0.25) is 5.02 Å². The first-order valence-corrected chi connectivity index (χ1v) is 6.07. The van der Waals surface area contributed by atoms with Crippen LogP contribution in [0.15, 0.2) is 11.6 Å². The van der Waals surface area contributed by atoms with E-state index in [2.05, 4.69) is 5.32 Å². The second-order valence-corrected chi connectivity index (χ2v) is 4.69. The molecule has 1 amide bonds. The van der Waals surface area contributed by atoms with Gasteiger partial charge < -0.3 is 5.32 Å². The average Bonchev–Trinajstić information content (AvgIpc) is 3.22. The zero-order valence-corrected chi connectivity index (χ0v) is 10.8. The summed E-state index contributed by atoms with van der Waals surface area (Å²) in [4.78, 5) is 11.7. The van der Waals surface area contributed by atoms with Gasteiger partial charge in [-0.2, -0.15) is 5.26 Å². The Balaban J connectivity index is 2.37. The molecule has 1 saturated carbocycles. The molecular weight excluding hydrogens is 293 g/mol. The van der Waals surface area contributed by atoms with Crippen LogP contribution in [0.5, 0.6) is 0 Å². The Bertz CT molecular complexity index is 648. The Morgan fingerprint density at radius 3 is 2.60 bits per heavy atom. The molecule has 1 aliphatic rings. The van der Waals surface area contributed by atoms with Gasteiger partial charge in [-0.1, -0.05) is 11.6 Å². The molecule has 1 aliphatic carbocycles. The molecule has 0 atom stereocenters. The van der Waals surface area contributed by atoms with Crippen molar-refractivity contribution in [1.82, 2.24) is 5.32 Å². The van der Waals surface area contributed by atoms with Crippen molar-refractivity contribution in [2.75, 3.05) is 0 Å². The molecule has 20 heavy (non-hydrogen) atoms. The minimum Gasteiger partial charge on any atom is -0.349 e. The number of nitrogens with zero attached hydrogens (tertiary/aromatic N) is 1. The molecule has 1 aromatic carbocycles. The number of hydrogen-bond donors (Lipinski definition) is 1. The lowest BCUT2D eigenvalue weighted by atomic mass is 10.1. The summed E-state index contributed by atoms with van der Waals surface area (Å²) in [6.07, 6.45) is 2.47. The van der Waals surface area contributed by atoms with Crippen molar-refractivity contribution in [2.45, 2.75) is 18.9 Å². The first-order valence-electron chi connectivity index (χ1n) is 5.69. The standard InChI is InChI=1S/C13H8ClF3N2O/c14-10-11(16)6(4-9(15)12(10)17)3-7(5-18)13(20)19-8-1-2-8/h3-4,8H,1-2H2,(H,19,20)/b7-3+. The number of benzene rings is 1. The summed E-state index contributed by atoms with van der Waals surface area (Å²) in [5.41, 5.74) is -0.866. The van der Waals surface area contributed by atoms with Crippen LogP contribution in [0.4, 0.5) is 13.2 Å². The number of hydrogen-bond acceptors (Lipinski definition) is 2. The smallest absolute Gasteiger partial charge is 0.262 e. The Labute approximate surface area is 117 Å². The summed E-state index contributed by atoms with van der Waals surface area (Å²) in [5.74, 6) is -4.78. The van der Waals surface area contributed by atoms with Crippen molar-refractivity contribution < 1.29 is 18.0 Å². The van der Waals surface area contributed by atoms with Gasteiger partial charge in [-0.15, -0.1) is 0 Å². The number of halogens is 4. The zero-order valence-electron chi connectivity index (χ0n) is 10.0. The van der Waals surface area contributed by atoms with E-state index in [0.717, 1.165) is 18.9 Å². The number of nitrogens with one attached hydrogen (secondary N) is 1. The van der Waals surface area contributed by atoms with Crippen LogP contribution >= 0.6 is 11.6 Å².